The molecule has 0 saturated heterocycles. The third kappa shape index (κ3) is 4.98. The van der Waals surface area contributed by atoms with Crippen molar-refractivity contribution in [1.82, 2.24) is 25.0 Å². The maximum atomic E-state index is 14.9. The van der Waals surface area contributed by atoms with Crippen molar-refractivity contribution in [2.24, 2.45) is 11.0 Å². The molecule has 11 nitrogen and oxygen atoms in total. The van der Waals surface area contributed by atoms with Crippen molar-refractivity contribution in [2.45, 2.75) is 32.5 Å². The van der Waals surface area contributed by atoms with Crippen LogP contribution in [0.15, 0.2) is 88.8 Å². The number of halogens is 1. The van der Waals surface area contributed by atoms with E-state index in [1.807, 2.05) is 13.0 Å². The van der Waals surface area contributed by atoms with Gasteiger partial charge in [-0.05, 0) is 50.1 Å². The van der Waals surface area contributed by atoms with Crippen molar-refractivity contribution in [3.63, 3.8) is 0 Å². The van der Waals surface area contributed by atoms with Crippen molar-refractivity contribution in [3.8, 4) is 11.4 Å². The number of benzene rings is 2. The van der Waals surface area contributed by atoms with Crippen LogP contribution in [-0.2, 0) is 11.3 Å². The Morgan fingerprint density at radius 2 is 1.95 bits per heavy atom. The first-order chi connectivity index (χ1) is 19.4. The summed E-state index contributed by atoms with van der Waals surface area (Å²) in [4.78, 5) is 38.0. The Morgan fingerprint density at radius 1 is 1.15 bits per heavy atom. The number of hydrogen-bond acceptors (Lipinski definition) is 7. The molecule has 1 aliphatic carbocycles. The van der Waals surface area contributed by atoms with Crippen LogP contribution in [0.3, 0.4) is 0 Å². The van der Waals surface area contributed by atoms with Gasteiger partial charge in [0.15, 0.2) is 11.6 Å². The number of anilines is 1. The van der Waals surface area contributed by atoms with Gasteiger partial charge in [0.1, 0.15) is 17.6 Å². The van der Waals surface area contributed by atoms with Crippen molar-refractivity contribution in [2.75, 3.05) is 5.32 Å². The lowest BCUT2D eigenvalue weighted by molar-refractivity contribution is -0.121. The Bertz CT molecular complexity index is 1640. The lowest BCUT2D eigenvalue weighted by Gasteiger charge is -2.22. The second-order valence-electron chi connectivity index (χ2n) is 9.53. The summed E-state index contributed by atoms with van der Waals surface area (Å²) in [5.41, 5.74) is 0.245. The number of hydrazone groups is 1. The molecule has 204 valence electrons. The van der Waals surface area contributed by atoms with E-state index < -0.39 is 17.3 Å². The molecule has 0 bridgehead atoms. The molecule has 1 saturated carbocycles. The average Bonchev–Trinajstić information content (AvgIpc) is 3.65. The van der Waals surface area contributed by atoms with E-state index >= 15 is 0 Å². The maximum Gasteiger partial charge on any atom is 0.284 e. The van der Waals surface area contributed by atoms with Gasteiger partial charge in [-0.2, -0.15) is 0 Å². The number of hydrogen-bond donors (Lipinski definition) is 3. The van der Waals surface area contributed by atoms with Crippen LogP contribution in [-0.4, -0.2) is 38.3 Å². The molecule has 12 heteroatoms. The summed E-state index contributed by atoms with van der Waals surface area (Å²) in [5, 5.41) is 14.4. The van der Waals surface area contributed by atoms with Crippen molar-refractivity contribution < 1.29 is 18.7 Å². The van der Waals surface area contributed by atoms with E-state index in [9.17, 15) is 18.8 Å². The molecule has 1 aromatic heterocycles. The van der Waals surface area contributed by atoms with Gasteiger partial charge in [0.25, 0.3) is 11.5 Å². The summed E-state index contributed by atoms with van der Waals surface area (Å²) >= 11 is 0. The SMILES string of the molecule is CCn1cc(C(=O)Nc2ccc(OC3=NN4C=C(NC(=O)C5CC5)NC4C=C3)c(F)c2)c(=O)n1-c1ccccc1. The Kier molecular flexibility index (Phi) is 6.42. The highest BCUT2D eigenvalue weighted by Crippen LogP contribution is 2.29. The largest absolute Gasteiger partial charge is 0.435 e. The number of rotatable bonds is 7. The van der Waals surface area contributed by atoms with Crippen LogP contribution in [0.25, 0.3) is 5.69 Å². The third-order valence-electron chi connectivity index (χ3n) is 6.62. The Hall–Kier alpha value is -5.13. The molecule has 1 atom stereocenters. The van der Waals surface area contributed by atoms with E-state index in [1.54, 1.807) is 52.3 Å². The zero-order chi connectivity index (χ0) is 27.8. The fourth-order valence-corrected chi connectivity index (χ4v) is 4.41. The zero-order valence-corrected chi connectivity index (χ0v) is 21.5. The Labute approximate surface area is 228 Å². The summed E-state index contributed by atoms with van der Waals surface area (Å²) < 4.78 is 23.6. The van der Waals surface area contributed by atoms with Crippen molar-refractivity contribution in [3.05, 3.63) is 101 Å². The fraction of sp³-hybridized carbons (Fsp3) is 0.214. The molecule has 0 radical (unpaired) electrons. The lowest BCUT2D eigenvalue weighted by Crippen LogP contribution is -2.38. The smallest absolute Gasteiger partial charge is 0.284 e. The zero-order valence-electron chi connectivity index (χ0n) is 21.5. The number of aryl methyl sites for hydroxylation is 1. The standard InChI is InChI=1S/C28H26FN7O4/c1-2-34-15-20(28(39)36(34)19-6-4-3-5-7-19)27(38)30-18-10-11-22(21(29)14-18)40-25-13-12-24-31-23(16-35(24)33-25)32-26(37)17-8-9-17/h3-7,10-17,24,31H,2,8-9H2,1H3,(H,30,38)(H,32,37). The van der Waals surface area contributed by atoms with Crippen LogP contribution in [0.5, 0.6) is 5.75 Å². The number of nitrogens with zero attached hydrogens (tertiary/aromatic N) is 4. The molecule has 2 aromatic carbocycles. The van der Waals surface area contributed by atoms with Gasteiger partial charge in [-0.3, -0.25) is 19.1 Å². The summed E-state index contributed by atoms with van der Waals surface area (Å²) in [5.74, 6) is -0.757. The highest BCUT2D eigenvalue weighted by Gasteiger charge is 2.32. The Morgan fingerprint density at radius 3 is 2.67 bits per heavy atom. The van der Waals surface area contributed by atoms with Gasteiger partial charge >= 0.3 is 0 Å². The molecule has 3 heterocycles. The van der Waals surface area contributed by atoms with E-state index in [0.717, 1.165) is 18.9 Å². The average molecular weight is 544 g/mol. The van der Waals surface area contributed by atoms with E-state index in [2.05, 4.69) is 21.1 Å². The second-order valence-corrected chi connectivity index (χ2v) is 9.53. The third-order valence-corrected chi connectivity index (χ3v) is 6.62. The van der Waals surface area contributed by atoms with Crippen LogP contribution >= 0.6 is 0 Å². The van der Waals surface area contributed by atoms with Gasteiger partial charge in [-0.15, -0.1) is 5.10 Å². The summed E-state index contributed by atoms with van der Waals surface area (Å²) in [6.07, 6.45) is 7.99. The molecule has 40 heavy (non-hydrogen) atoms. The molecule has 1 fully saturated rings. The first-order valence-electron chi connectivity index (χ1n) is 12.9. The minimum Gasteiger partial charge on any atom is -0.435 e. The topological polar surface area (TPSA) is 122 Å². The summed E-state index contributed by atoms with van der Waals surface area (Å²) in [6.45, 7) is 2.33. The molecular formula is C28H26FN7O4. The summed E-state index contributed by atoms with van der Waals surface area (Å²) in [7, 11) is 0. The van der Waals surface area contributed by atoms with Crippen LogP contribution in [0, 0.1) is 11.7 Å². The van der Waals surface area contributed by atoms with Crippen LogP contribution in [0.2, 0.25) is 0 Å². The number of fused-ring (bicyclic) bond motifs is 1. The number of amides is 2. The summed E-state index contributed by atoms with van der Waals surface area (Å²) in [6, 6.07) is 12.9. The molecule has 0 spiro atoms. The highest BCUT2D eigenvalue weighted by atomic mass is 19.1. The van der Waals surface area contributed by atoms with E-state index in [1.165, 1.54) is 23.0 Å². The van der Waals surface area contributed by atoms with Crippen LogP contribution in [0.4, 0.5) is 10.1 Å². The fourth-order valence-electron chi connectivity index (χ4n) is 4.41. The van der Waals surface area contributed by atoms with Gasteiger partial charge in [-0.1, -0.05) is 18.2 Å². The van der Waals surface area contributed by atoms with Gasteiger partial charge in [0, 0.05) is 36.5 Å². The molecule has 6 rings (SSSR count). The van der Waals surface area contributed by atoms with E-state index in [0.29, 0.717) is 18.1 Å². The molecule has 2 amide bonds. The molecule has 3 N–H and O–H groups in total. The van der Waals surface area contributed by atoms with Crippen molar-refractivity contribution >= 4 is 23.4 Å². The van der Waals surface area contributed by atoms with Gasteiger partial charge in [0.2, 0.25) is 11.8 Å². The van der Waals surface area contributed by atoms with Gasteiger partial charge in [0.05, 0.1) is 11.9 Å². The lowest BCUT2D eigenvalue weighted by atomic mass is 10.2. The minimum absolute atomic E-state index is 0.0259. The van der Waals surface area contributed by atoms with Gasteiger partial charge < -0.3 is 20.7 Å². The number of carbonyl (C=O) groups excluding carboxylic acids is 2. The Balaban J connectivity index is 1.13. The molecule has 3 aromatic rings. The monoisotopic (exact) mass is 543 g/mol. The molecular weight excluding hydrogens is 517 g/mol. The van der Waals surface area contributed by atoms with E-state index in [-0.39, 0.29) is 40.9 Å². The number of para-hydroxylation sites is 1. The normalized spacial score (nSPS) is 17.4. The van der Waals surface area contributed by atoms with Crippen LogP contribution < -0.4 is 26.2 Å². The predicted molar refractivity (Wildman–Crippen MR) is 145 cm³/mol. The van der Waals surface area contributed by atoms with Gasteiger partial charge in [-0.25, -0.2) is 14.1 Å². The first kappa shape index (κ1) is 25.2. The number of aromatic nitrogens is 2. The molecule has 1 unspecified atom stereocenters. The predicted octanol–water partition coefficient (Wildman–Crippen LogP) is 2.87. The second kappa shape index (κ2) is 10.2. The minimum atomic E-state index is -0.726. The molecule has 3 aliphatic rings. The number of ether oxygens (including phenoxy) is 1. The van der Waals surface area contributed by atoms with E-state index in [4.69, 9.17) is 4.74 Å². The first-order valence-corrected chi connectivity index (χ1v) is 12.9. The quantitative estimate of drug-likeness (QED) is 0.421. The number of carbonyl (C=O) groups is 2. The maximum absolute atomic E-state index is 14.9. The highest BCUT2D eigenvalue weighted by molar-refractivity contribution is 6.04. The van der Waals surface area contributed by atoms with Crippen LogP contribution in [0.1, 0.15) is 30.1 Å². The number of nitrogens with one attached hydrogen (secondary N) is 3. The van der Waals surface area contributed by atoms with Crippen molar-refractivity contribution in [1.29, 1.82) is 0 Å². The molecule has 2 aliphatic heterocycles.